The van der Waals surface area contributed by atoms with Crippen LogP contribution in [-0.2, 0) is 25.4 Å². The smallest absolute Gasteiger partial charge is 0.322 e. The summed E-state index contributed by atoms with van der Waals surface area (Å²) >= 11 is 0. The summed E-state index contributed by atoms with van der Waals surface area (Å²) in [5.41, 5.74) is 4.97. The minimum atomic E-state index is -3.97. The van der Waals surface area contributed by atoms with Crippen molar-refractivity contribution in [2.24, 2.45) is 5.73 Å². The molecule has 4 N–H and O–H groups in total. The lowest BCUT2D eigenvalue weighted by molar-refractivity contribution is -0.140. The molecule has 9 nitrogen and oxygen atoms in total. The second-order valence-electron chi connectivity index (χ2n) is 3.87. The van der Waals surface area contributed by atoms with Crippen molar-refractivity contribution in [1.82, 2.24) is 9.88 Å². The zero-order valence-electron chi connectivity index (χ0n) is 9.99. The molecule has 10 heteroatoms. The summed E-state index contributed by atoms with van der Waals surface area (Å²) in [4.78, 5) is 21.5. The van der Waals surface area contributed by atoms with Crippen molar-refractivity contribution >= 4 is 21.9 Å². The average molecular weight is 291 g/mol. The Morgan fingerprint density at radius 2 is 2.21 bits per heavy atom. The normalized spacial score (nSPS) is 13.1. The average Bonchev–Trinajstić information content (AvgIpc) is 2.60. The van der Waals surface area contributed by atoms with Crippen molar-refractivity contribution in [2.75, 3.05) is 0 Å². The van der Waals surface area contributed by atoms with Gasteiger partial charge in [0.05, 0.1) is 6.42 Å². The topological polar surface area (TPSA) is 153 Å². The number of carboxylic acids is 1. The maximum atomic E-state index is 11.7. The number of amides is 1. The molecule has 19 heavy (non-hydrogen) atoms. The molecule has 0 spiro atoms. The number of carbonyl (C=O) groups is 2. The summed E-state index contributed by atoms with van der Waals surface area (Å²) in [5, 5.41) is 12.3. The predicted molar refractivity (Wildman–Crippen MR) is 62.2 cm³/mol. The number of aryl methyl sites for hydroxylation is 1. The van der Waals surface area contributed by atoms with Gasteiger partial charge in [0.25, 0.3) is 0 Å². The van der Waals surface area contributed by atoms with Crippen LogP contribution in [0.2, 0.25) is 0 Å². The molecule has 1 rings (SSSR count). The summed E-state index contributed by atoms with van der Waals surface area (Å²) in [5.74, 6) is -2.53. The lowest BCUT2D eigenvalue weighted by Crippen LogP contribution is -2.43. The molecule has 0 aliphatic rings. The molecular formula is C9H13N3O6S. The van der Waals surface area contributed by atoms with Crippen LogP contribution < -0.4 is 10.5 Å². The van der Waals surface area contributed by atoms with Crippen molar-refractivity contribution in [2.45, 2.75) is 25.1 Å². The Balaban J connectivity index is 2.76. The Hall–Kier alpha value is -1.94. The minimum absolute atomic E-state index is 0.133. The number of hydrogen-bond donors (Lipinski definition) is 3. The third kappa shape index (κ3) is 5.06. The largest absolute Gasteiger partial charge is 0.480 e. The molecule has 1 heterocycles. The van der Waals surface area contributed by atoms with Gasteiger partial charge in [-0.2, -0.15) is 0 Å². The SMILES string of the molecule is Cc1cc(CS(=O)(=O)N[C@H](CC(N)=O)C(=O)O)no1. The Morgan fingerprint density at radius 3 is 2.63 bits per heavy atom. The summed E-state index contributed by atoms with van der Waals surface area (Å²) in [7, 11) is -3.97. The van der Waals surface area contributed by atoms with Crippen LogP contribution in [0.3, 0.4) is 0 Å². The number of aliphatic carboxylic acids is 1. The summed E-state index contributed by atoms with van der Waals surface area (Å²) < 4.78 is 30.0. The third-order valence-electron chi connectivity index (χ3n) is 2.04. The van der Waals surface area contributed by atoms with Crippen LogP contribution in [0.15, 0.2) is 10.6 Å². The molecule has 1 aromatic heterocycles. The van der Waals surface area contributed by atoms with Gasteiger partial charge in [-0.3, -0.25) is 9.59 Å². The van der Waals surface area contributed by atoms with Gasteiger partial charge in [-0.05, 0) is 6.92 Å². The van der Waals surface area contributed by atoms with Crippen LogP contribution in [0, 0.1) is 6.92 Å². The van der Waals surface area contributed by atoms with Crippen LogP contribution in [-0.4, -0.2) is 36.6 Å². The Labute approximate surface area is 108 Å². The van der Waals surface area contributed by atoms with Gasteiger partial charge >= 0.3 is 5.97 Å². The van der Waals surface area contributed by atoms with E-state index < -0.39 is 40.1 Å². The number of aromatic nitrogens is 1. The molecule has 0 radical (unpaired) electrons. The zero-order valence-corrected chi connectivity index (χ0v) is 10.8. The van der Waals surface area contributed by atoms with Gasteiger partial charge in [0.15, 0.2) is 0 Å². The molecule has 1 atom stereocenters. The molecule has 0 aliphatic carbocycles. The first-order valence-electron chi connectivity index (χ1n) is 5.13. The van der Waals surface area contributed by atoms with Crippen LogP contribution in [0.4, 0.5) is 0 Å². The van der Waals surface area contributed by atoms with E-state index in [9.17, 15) is 18.0 Å². The first kappa shape index (κ1) is 15.1. The molecule has 106 valence electrons. The molecule has 1 amide bonds. The highest BCUT2D eigenvalue weighted by Crippen LogP contribution is 2.07. The summed E-state index contributed by atoms with van der Waals surface area (Å²) in [6.45, 7) is 1.59. The Kier molecular flexibility index (Phi) is 4.62. The van der Waals surface area contributed by atoms with Crippen LogP contribution in [0.25, 0.3) is 0 Å². The molecule has 1 aromatic rings. The molecule has 0 aliphatic heterocycles. The van der Waals surface area contributed by atoms with E-state index >= 15 is 0 Å². The highest BCUT2D eigenvalue weighted by molar-refractivity contribution is 7.88. The standard InChI is InChI=1S/C9H13N3O6S/c1-5-2-6(11-18-5)4-19(16,17)12-7(9(14)15)3-8(10)13/h2,7,12H,3-4H2,1H3,(H2,10,13)(H,14,15)/t7-/m1/s1. The fraction of sp³-hybridized carbons (Fsp3) is 0.444. The first-order valence-corrected chi connectivity index (χ1v) is 6.78. The van der Waals surface area contributed by atoms with E-state index in [-0.39, 0.29) is 5.69 Å². The van der Waals surface area contributed by atoms with E-state index in [0.29, 0.717) is 5.76 Å². The molecule has 0 aromatic carbocycles. The van der Waals surface area contributed by atoms with E-state index in [1.54, 1.807) is 6.92 Å². The van der Waals surface area contributed by atoms with Gasteiger partial charge in [-0.15, -0.1) is 0 Å². The molecule has 0 fully saturated rings. The fourth-order valence-corrected chi connectivity index (χ4v) is 2.55. The van der Waals surface area contributed by atoms with Crippen LogP contribution >= 0.6 is 0 Å². The highest BCUT2D eigenvalue weighted by Gasteiger charge is 2.26. The number of nitrogens with two attached hydrogens (primary N) is 1. The molecule has 0 unspecified atom stereocenters. The van der Waals surface area contributed by atoms with Crippen LogP contribution in [0.5, 0.6) is 0 Å². The van der Waals surface area contributed by atoms with E-state index in [1.807, 2.05) is 4.72 Å². The van der Waals surface area contributed by atoms with Gasteiger partial charge in [-0.1, -0.05) is 5.16 Å². The van der Waals surface area contributed by atoms with E-state index in [4.69, 9.17) is 15.4 Å². The number of hydrogen-bond acceptors (Lipinski definition) is 6. The van der Waals surface area contributed by atoms with Gasteiger partial charge in [0.1, 0.15) is 23.2 Å². The lowest BCUT2D eigenvalue weighted by atomic mass is 10.2. The molecule has 0 bridgehead atoms. The maximum Gasteiger partial charge on any atom is 0.322 e. The van der Waals surface area contributed by atoms with Gasteiger partial charge in [-0.25, -0.2) is 13.1 Å². The van der Waals surface area contributed by atoms with Gasteiger partial charge in [0, 0.05) is 6.07 Å². The van der Waals surface area contributed by atoms with Crippen molar-refractivity contribution in [3.8, 4) is 0 Å². The Morgan fingerprint density at radius 1 is 1.58 bits per heavy atom. The van der Waals surface area contributed by atoms with E-state index in [1.165, 1.54) is 6.07 Å². The number of nitrogens with zero attached hydrogens (tertiary/aromatic N) is 1. The monoisotopic (exact) mass is 291 g/mol. The van der Waals surface area contributed by atoms with E-state index in [0.717, 1.165) is 0 Å². The maximum absolute atomic E-state index is 11.7. The van der Waals surface area contributed by atoms with E-state index in [2.05, 4.69) is 5.16 Å². The number of nitrogens with one attached hydrogen (secondary N) is 1. The molecular weight excluding hydrogens is 278 g/mol. The fourth-order valence-electron chi connectivity index (χ4n) is 1.32. The number of carbonyl (C=O) groups excluding carboxylic acids is 1. The van der Waals surface area contributed by atoms with Crippen LogP contribution in [0.1, 0.15) is 17.9 Å². The number of carboxylic acid groups (broad SMARTS) is 1. The molecule has 0 saturated heterocycles. The van der Waals surface area contributed by atoms with Crippen molar-refractivity contribution < 1.29 is 27.6 Å². The third-order valence-corrected chi connectivity index (χ3v) is 3.36. The Bertz CT molecular complexity index is 579. The lowest BCUT2D eigenvalue weighted by Gasteiger charge is -2.12. The second-order valence-corrected chi connectivity index (χ2v) is 5.62. The quantitative estimate of drug-likeness (QED) is 0.566. The predicted octanol–water partition coefficient (Wildman–Crippen LogP) is -1.27. The molecule has 0 saturated carbocycles. The summed E-state index contributed by atoms with van der Waals surface area (Å²) in [6, 6.07) is -0.196. The number of rotatable bonds is 7. The van der Waals surface area contributed by atoms with Crippen molar-refractivity contribution in [3.63, 3.8) is 0 Å². The van der Waals surface area contributed by atoms with Crippen molar-refractivity contribution in [1.29, 1.82) is 0 Å². The van der Waals surface area contributed by atoms with Gasteiger partial charge in [0.2, 0.25) is 15.9 Å². The second kappa shape index (κ2) is 5.80. The minimum Gasteiger partial charge on any atom is -0.480 e. The van der Waals surface area contributed by atoms with Crippen molar-refractivity contribution in [3.05, 3.63) is 17.5 Å². The summed E-state index contributed by atoms with van der Waals surface area (Å²) in [6.07, 6.45) is -0.633. The zero-order chi connectivity index (χ0) is 14.6. The number of primary amides is 1. The highest BCUT2D eigenvalue weighted by atomic mass is 32.2. The number of sulfonamides is 1. The van der Waals surface area contributed by atoms with Gasteiger partial charge < -0.3 is 15.4 Å². The first-order chi connectivity index (χ1) is 8.69.